The number of aliphatic hydroxyl groups excluding tert-OH is 1. The highest BCUT2D eigenvalue weighted by Crippen LogP contribution is 2.38. The monoisotopic (exact) mass is 417 g/mol. The van der Waals surface area contributed by atoms with Crippen LogP contribution in [0.4, 0.5) is 5.95 Å². The molecule has 5 N–H and O–H groups in total. The predicted molar refractivity (Wildman–Crippen MR) is 94.1 cm³/mol. The largest absolute Gasteiger partial charge is 0.469 e. The molecule has 0 aliphatic carbocycles. The first-order chi connectivity index (χ1) is 13.0. The van der Waals surface area contributed by atoms with Gasteiger partial charge in [0.25, 0.3) is 5.56 Å². The SMILES string of the molecule is CC(C)C(=O)Nc1nc2c(ncn2C2CC(O)C(COP(=O)(O)O)O2)c(=O)[nH]1. The standard InChI is InChI=1S/C14H20N5O8P/c1-6(2)12(21)17-14-16-11-10(13(22)18-14)15-5-19(11)9-3-7(20)8(27-9)4-26-28(23,24)25/h5-9,20H,3-4H2,1-2H3,(H2,23,24,25)(H2,16,17,18,21,22). The molecule has 2 aromatic rings. The summed E-state index contributed by atoms with van der Waals surface area (Å²) in [6.45, 7) is 2.85. The maximum absolute atomic E-state index is 12.2. The zero-order valence-electron chi connectivity index (χ0n) is 15.0. The maximum atomic E-state index is 12.2. The molecule has 3 heterocycles. The average Bonchev–Trinajstić information content (AvgIpc) is 3.15. The molecule has 0 bridgehead atoms. The molecule has 0 spiro atoms. The number of nitrogens with one attached hydrogen (secondary N) is 2. The van der Waals surface area contributed by atoms with E-state index in [-0.39, 0.29) is 35.4 Å². The average molecular weight is 417 g/mol. The van der Waals surface area contributed by atoms with Crippen molar-refractivity contribution in [2.24, 2.45) is 5.92 Å². The molecule has 1 saturated heterocycles. The van der Waals surface area contributed by atoms with Gasteiger partial charge < -0.3 is 19.6 Å². The molecule has 1 aliphatic rings. The lowest BCUT2D eigenvalue weighted by molar-refractivity contribution is -0.118. The molecule has 13 nitrogen and oxygen atoms in total. The number of phosphoric acid groups is 1. The lowest BCUT2D eigenvalue weighted by Crippen LogP contribution is -2.26. The highest BCUT2D eigenvalue weighted by atomic mass is 31.2. The molecule has 0 saturated carbocycles. The van der Waals surface area contributed by atoms with Gasteiger partial charge in [0.15, 0.2) is 11.2 Å². The van der Waals surface area contributed by atoms with E-state index in [1.807, 2.05) is 0 Å². The smallest absolute Gasteiger partial charge is 0.390 e. The third-order valence-corrected chi connectivity index (χ3v) is 4.61. The van der Waals surface area contributed by atoms with Crippen molar-refractivity contribution in [1.82, 2.24) is 19.5 Å². The molecule has 3 unspecified atom stereocenters. The molecule has 1 aliphatic heterocycles. The fourth-order valence-electron chi connectivity index (χ4n) is 2.66. The summed E-state index contributed by atoms with van der Waals surface area (Å²) in [5, 5.41) is 12.6. The number of fused-ring (bicyclic) bond motifs is 1. The molecule has 28 heavy (non-hydrogen) atoms. The second kappa shape index (κ2) is 7.70. The molecule has 154 valence electrons. The summed E-state index contributed by atoms with van der Waals surface area (Å²) in [5.41, 5.74) is -0.435. The van der Waals surface area contributed by atoms with Crippen LogP contribution in [0.15, 0.2) is 11.1 Å². The van der Waals surface area contributed by atoms with Crippen molar-refractivity contribution in [3.05, 3.63) is 16.7 Å². The van der Waals surface area contributed by atoms with Gasteiger partial charge in [-0.15, -0.1) is 0 Å². The van der Waals surface area contributed by atoms with Crippen molar-refractivity contribution in [1.29, 1.82) is 0 Å². The van der Waals surface area contributed by atoms with E-state index in [1.54, 1.807) is 13.8 Å². The Labute approximate surface area is 158 Å². The zero-order chi connectivity index (χ0) is 20.6. The number of nitrogens with zero attached hydrogens (tertiary/aromatic N) is 3. The minimum atomic E-state index is -4.71. The fraction of sp³-hybridized carbons (Fsp3) is 0.571. The Morgan fingerprint density at radius 3 is 2.89 bits per heavy atom. The molecule has 0 radical (unpaired) electrons. The van der Waals surface area contributed by atoms with Gasteiger partial charge in [0.2, 0.25) is 11.9 Å². The van der Waals surface area contributed by atoms with Gasteiger partial charge >= 0.3 is 7.82 Å². The van der Waals surface area contributed by atoms with Gasteiger partial charge in [-0.1, -0.05) is 13.8 Å². The van der Waals surface area contributed by atoms with Gasteiger partial charge in [-0.05, 0) is 0 Å². The molecule has 3 atom stereocenters. The molecule has 1 fully saturated rings. The molecule has 3 rings (SSSR count). The van der Waals surface area contributed by atoms with E-state index >= 15 is 0 Å². The molecular weight excluding hydrogens is 397 g/mol. The number of aromatic amines is 1. The number of hydrogen-bond donors (Lipinski definition) is 5. The van der Waals surface area contributed by atoms with E-state index in [9.17, 15) is 19.3 Å². The first kappa shape index (κ1) is 20.6. The number of amides is 1. The van der Waals surface area contributed by atoms with Crippen LogP contribution >= 0.6 is 7.82 Å². The van der Waals surface area contributed by atoms with E-state index in [2.05, 4.69) is 24.8 Å². The van der Waals surface area contributed by atoms with Gasteiger partial charge in [-0.25, -0.2) is 9.55 Å². The van der Waals surface area contributed by atoms with E-state index in [0.29, 0.717) is 0 Å². The number of ether oxygens (including phenoxy) is 1. The molecule has 2 aromatic heterocycles. The lowest BCUT2D eigenvalue weighted by Gasteiger charge is -2.16. The molecule has 1 amide bonds. The van der Waals surface area contributed by atoms with Crippen molar-refractivity contribution in [2.75, 3.05) is 11.9 Å². The molecule has 14 heteroatoms. The van der Waals surface area contributed by atoms with Crippen molar-refractivity contribution in [3.63, 3.8) is 0 Å². The quantitative estimate of drug-likeness (QED) is 0.382. The number of rotatable bonds is 6. The van der Waals surface area contributed by atoms with Crippen LogP contribution in [0.3, 0.4) is 0 Å². The highest BCUT2D eigenvalue weighted by molar-refractivity contribution is 7.46. The van der Waals surface area contributed by atoms with E-state index < -0.39 is 38.4 Å². The summed E-state index contributed by atoms with van der Waals surface area (Å²) in [7, 11) is -4.71. The number of carbonyl (C=O) groups is 1. The molecule has 0 aromatic carbocycles. The number of hydrogen-bond acceptors (Lipinski definition) is 8. The predicted octanol–water partition coefficient (Wildman–Crippen LogP) is -0.528. The van der Waals surface area contributed by atoms with Crippen molar-refractivity contribution >= 4 is 30.8 Å². The van der Waals surface area contributed by atoms with Crippen LogP contribution < -0.4 is 10.9 Å². The minimum Gasteiger partial charge on any atom is -0.390 e. The minimum absolute atomic E-state index is 0.00977. The number of anilines is 1. The van der Waals surface area contributed by atoms with Crippen molar-refractivity contribution < 1.29 is 33.5 Å². The number of phosphoric ester groups is 1. The number of carbonyl (C=O) groups excluding carboxylic acids is 1. The highest BCUT2D eigenvalue weighted by Gasteiger charge is 2.37. The Balaban J connectivity index is 1.85. The third kappa shape index (κ3) is 4.46. The Kier molecular flexibility index (Phi) is 5.66. The van der Waals surface area contributed by atoms with E-state index in [1.165, 1.54) is 10.9 Å². The van der Waals surface area contributed by atoms with Gasteiger partial charge in [0.1, 0.15) is 12.3 Å². The van der Waals surface area contributed by atoms with Gasteiger partial charge in [0, 0.05) is 12.3 Å². The van der Waals surface area contributed by atoms with Crippen molar-refractivity contribution in [3.8, 4) is 0 Å². The maximum Gasteiger partial charge on any atom is 0.469 e. The van der Waals surface area contributed by atoms with Crippen LogP contribution in [0.1, 0.15) is 26.5 Å². The summed E-state index contributed by atoms with van der Waals surface area (Å²) in [6.07, 6.45) is -1.49. The van der Waals surface area contributed by atoms with Gasteiger partial charge in [0.05, 0.1) is 19.0 Å². The van der Waals surface area contributed by atoms with Crippen LogP contribution in [0.5, 0.6) is 0 Å². The second-order valence-corrected chi connectivity index (χ2v) is 7.84. The summed E-state index contributed by atoms with van der Waals surface area (Å²) >= 11 is 0. The first-order valence-electron chi connectivity index (χ1n) is 8.36. The summed E-state index contributed by atoms with van der Waals surface area (Å²) in [4.78, 5) is 52.2. The second-order valence-electron chi connectivity index (χ2n) is 6.60. The Bertz CT molecular complexity index is 982. The number of aromatic nitrogens is 4. The van der Waals surface area contributed by atoms with Gasteiger partial charge in [-0.3, -0.25) is 29.0 Å². The Morgan fingerprint density at radius 1 is 1.54 bits per heavy atom. The zero-order valence-corrected chi connectivity index (χ0v) is 15.9. The number of aliphatic hydroxyl groups is 1. The van der Waals surface area contributed by atoms with Crippen LogP contribution in [0.25, 0.3) is 11.2 Å². The number of imidazole rings is 1. The van der Waals surface area contributed by atoms with E-state index in [0.717, 1.165) is 0 Å². The molecular formula is C14H20N5O8P. The Morgan fingerprint density at radius 2 is 2.25 bits per heavy atom. The van der Waals surface area contributed by atoms with Crippen LogP contribution in [0.2, 0.25) is 0 Å². The normalized spacial score (nSPS) is 22.9. The summed E-state index contributed by atoms with van der Waals surface area (Å²) in [5.74, 6) is -0.720. The van der Waals surface area contributed by atoms with Crippen LogP contribution in [-0.4, -0.2) is 59.1 Å². The van der Waals surface area contributed by atoms with Crippen molar-refractivity contribution in [2.45, 2.75) is 38.7 Å². The third-order valence-electron chi connectivity index (χ3n) is 4.12. The Hall–Kier alpha value is -2.15. The summed E-state index contributed by atoms with van der Waals surface area (Å²) in [6, 6.07) is 0. The lowest BCUT2D eigenvalue weighted by atomic mass is 10.2. The fourth-order valence-corrected chi connectivity index (χ4v) is 3.00. The number of H-pyrrole nitrogens is 1. The summed E-state index contributed by atoms with van der Waals surface area (Å²) < 4.78 is 22.2. The first-order valence-corrected chi connectivity index (χ1v) is 9.89. The topological polar surface area (TPSA) is 189 Å². The van der Waals surface area contributed by atoms with Crippen LogP contribution in [-0.2, 0) is 18.6 Å². The van der Waals surface area contributed by atoms with E-state index in [4.69, 9.17) is 14.5 Å². The van der Waals surface area contributed by atoms with Crippen LogP contribution in [0, 0.1) is 5.92 Å². The van der Waals surface area contributed by atoms with Gasteiger partial charge in [-0.2, -0.15) is 4.98 Å².